The molecule has 1 aromatic carbocycles. The Bertz CT molecular complexity index is 810. The Morgan fingerprint density at radius 2 is 2.00 bits per heavy atom. The summed E-state index contributed by atoms with van der Waals surface area (Å²) in [6, 6.07) is 9.99. The Morgan fingerprint density at radius 1 is 1.23 bits per heavy atom. The largest absolute Gasteiger partial charge is 0.390 e. The predicted molar refractivity (Wildman–Crippen MR) is 83.2 cm³/mol. The molecule has 1 aliphatic carbocycles. The van der Waals surface area contributed by atoms with Crippen LogP contribution in [0.4, 0.5) is 11.6 Å². The maximum atomic E-state index is 10.1. The first-order chi connectivity index (χ1) is 10.7. The van der Waals surface area contributed by atoms with E-state index in [0.717, 1.165) is 29.7 Å². The topological polar surface area (TPSA) is 66.5 Å². The maximum absolute atomic E-state index is 10.1. The molecule has 0 aliphatic heterocycles. The molecule has 1 N–H and O–H groups in total. The molecule has 0 bridgehead atoms. The molecule has 0 spiro atoms. The third-order valence-corrected chi connectivity index (χ3v) is 4.15. The lowest BCUT2D eigenvalue weighted by Crippen LogP contribution is -2.16. The van der Waals surface area contributed by atoms with E-state index in [1.807, 2.05) is 42.3 Å². The van der Waals surface area contributed by atoms with Gasteiger partial charge in [-0.15, -0.1) is 0 Å². The van der Waals surface area contributed by atoms with E-state index in [4.69, 9.17) is 0 Å². The van der Waals surface area contributed by atoms with Crippen molar-refractivity contribution in [3.63, 3.8) is 0 Å². The molecule has 0 unspecified atom stereocenters. The first-order valence-corrected chi connectivity index (χ1v) is 7.35. The molecular formula is C16H17N5O. The van der Waals surface area contributed by atoms with Crippen LogP contribution in [0.1, 0.15) is 18.4 Å². The number of para-hydroxylation sites is 1. The van der Waals surface area contributed by atoms with Gasteiger partial charge in [0.1, 0.15) is 6.33 Å². The normalized spacial score (nSPS) is 15.9. The van der Waals surface area contributed by atoms with Crippen molar-refractivity contribution >= 4 is 17.3 Å². The molecule has 1 fully saturated rings. The first-order valence-electron chi connectivity index (χ1n) is 7.35. The lowest BCUT2D eigenvalue weighted by molar-refractivity contribution is 0.151. The van der Waals surface area contributed by atoms with E-state index in [-0.39, 0.29) is 0 Å². The number of aliphatic hydroxyl groups is 1. The van der Waals surface area contributed by atoms with Crippen LogP contribution in [0.15, 0.2) is 42.9 Å². The summed E-state index contributed by atoms with van der Waals surface area (Å²) in [5.41, 5.74) is 2.19. The van der Waals surface area contributed by atoms with Gasteiger partial charge in [-0.05, 0) is 25.0 Å². The van der Waals surface area contributed by atoms with Crippen LogP contribution in [-0.4, -0.2) is 37.3 Å². The molecule has 4 rings (SSSR count). The van der Waals surface area contributed by atoms with Crippen LogP contribution < -0.4 is 4.90 Å². The quantitative estimate of drug-likeness (QED) is 0.797. The molecule has 3 aromatic rings. The van der Waals surface area contributed by atoms with Crippen molar-refractivity contribution < 1.29 is 5.11 Å². The highest BCUT2D eigenvalue weighted by atomic mass is 16.3. The fraction of sp³-hybridized carbons (Fsp3) is 0.312. The number of nitrogens with zero attached hydrogens (tertiary/aromatic N) is 5. The summed E-state index contributed by atoms with van der Waals surface area (Å²) in [5, 5.41) is 14.5. The Labute approximate surface area is 128 Å². The van der Waals surface area contributed by atoms with Crippen molar-refractivity contribution in [3.8, 4) is 0 Å². The molecule has 6 heteroatoms. The van der Waals surface area contributed by atoms with Gasteiger partial charge in [-0.2, -0.15) is 9.61 Å². The van der Waals surface area contributed by atoms with Gasteiger partial charge in [0.05, 0.1) is 11.8 Å². The summed E-state index contributed by atoms with van der Waals surface area (Å²) in [6.07, 6.45) is 5.63. The van der Waals surface area contributed by atoms with Gasteiger partial charge in [-0.25, -0.2) is 9.97 Å². The molecular weight excluding hydrogens is 278 g/mol. The maximum Gasteiger partial charge on any atom is 0.234 e. The van der Waals surface area contributed by atoms with Crippen LogP contribution in [-0.2, 0) is 6.42 Å². The Morgan fingerprint density at radius 3 is 2.73 bits per heavy atom. The Hall–Kier alpha value is -2.47. The lowest BCUT2D eigenvalue weighted by atomic mass is 10.1. The van der Waals surface area contributed by atoms with Gasteiger partial charge >= 0.3 is 0 Å². The fourth-order valence-electron chi connectivity index (χ4n) is 2.65. The second-order valence-corrected chi connectivity index (χ2v) is 5.87. The number of aromatic nitrogens is 4. The highest BCUT2D eigenvalue weighted by Crippen LogP contribution is 2.39. The smallest absolute Gasteiger partial charge is 0.234 e. The van der Waals surface area contributed by atoms with Crippen molar-refractivity contribution in [2.45, 2.75) is 24.9 Å². The predicted octanol–water partition coefficient (Wildman–Crippen LogP) is 1.96. The van der Waals surface area contributed by atoms with Gasteiger partial charge in [-0.1, -0.05) is 18.2 Å². The van der Waals surface area contributed by atoms with Crippen molar-refractivity contribution in [1.82, 2.24) is 19.6 Å². The van der Waals surface area contributed by atoms with Crippen molar-refractivity contribution in [2.75, 3.05) is 11.9 Å². The molecule has 2 heterocycles. The third kappa shape index (κ3) is 2.21. The molecule has 1 saturated carbocycles. The standard InChI is InChI=1S/C16H17N5O/c1-20(13-5-3-2-4-6-13)15-18-11-17-14-12(10-19-21(14)15)9-16(22)7-8-16/h2-6,10-11,22H,7-9H2,1H3. The molecule has 0 amide bonds. The molecule has 22 heavy (non-hydrogen) atoms. The highest BCUT2D eigenvalue weighted by Gasteiger charge is 2.41. The van der Waals surface area contributed by atoms with Crippen LogP contribution >= 0.6 is 0 Å². The minimum atomic E-state index is -0.556. The molecule has 2 aromatic heterocycles. The van der Waals surface area contributed by atoms with Crippen molar-refractivity contribution in [2.24, 2.45) is 0 Å². The van der Waals surface area contributed by atoms with Gasteiger partial charge in [0.2, 0.25) is 5.95 Å². The van der Waals surface area contributed by atoms with Gasteiger partial charge in [0.15, 0.2) is 5.65 Å². The molecule has 0 atom stereocenters. The SMILES string of the molecule is CN(c1ccccc1)c1ncnc2c(CC3(O)CC3)cnn12. The average Bonchev–Trinajstić information content (AvgIpc) is 3.14. The number of hydrogen-bond acceptors (Lipinski definition) is 5. The number of benzene rings is 1. The molecule has 112 valence electrons. The Balaban J connectivity index is 1.76. The zero-order valence-electron chi connectivity index (χ0n) is 12.3. The van der Waals surface area contributed by atoms with Crippen molar-refractivity contribution in [3.05, 3.63) is 48.4 Å². The van der Waals surface area contributed by atoms with Crippen LogP contribution in [0.5, 0.6) is 0 Å². The zero-order chi connectivity index (χ0) is 15.2. The average molecular weight is 295 g/mol. The van der Waals surface area contributed by atoms with E-state index in [9.17, 15) is 5.11 Å². The number of rotatable bonds is 4. The minimum Gasteiger partial charge on any atom is -0.390 e. The van der Waals surface area contributed by atoms with Gasteiger partial charge in [0, 0.05) is 24.7 Å². The first kappa shape index (κ1) is 13.2. The van der Waals surface area contributed by atoms with E-state index >= 15 is 0 Å². The molecule has 0 radical (unpaired) electrons. The summed E-state index contributed by atoms with van der Waals surface area (Å²) in [7, 11) is 1.95. The second-order valence-electron chi connectivity index (χ2n) is 5.87. The summed E-state index contributed by atoms with van der Waals surface area (Å²) in [4.78, 5) is 10.7. The Kier molecular flexibility index (Phi) is 2.87. The molecule has 6 nitrogen and oxygen atoms in total. The summed E-state index contributed by atoms with van der Waals surface area (Å²) < 4.78 is 1.73. The molecule has 1 aliphatic rings. The van der Waals surface area contributed by atoms with E-state index in [1.165, 1.54) is 0 Å². The van der Waals surface area contributed by atoms with Gasteiger partial charge in [-0.3, -0.25) is 0 Å². The minimum absolute atomic E-state index is 0.556. The van der Waals surface area contributed by atoms with E-state index in [2.05, 4.69) is 15.1 Å². The number of anilines is 2. The molecule has 0 saturated heterocycles. The number of hydrogen-bond donors (Lipinski definition) is 1. The monoisotopic (exact) mass is 295 g/mol. The van der Waals surface area contributed by atoms with Gasteiger partial charge < -0.3 is 10.0 Å². The van der Waals surface area contributed by atoms with E-state index in [1.54, 1.807) is 17.0 Å². The summed E-state index contributed by atoms with van der Waals surface area (Å²) in [5.74, 6) is 0.699. The lowest BCUT2D eigenvalue weighted by Gasteiger charge is -2.18. The fourth-order valence-corrected chi connectivity index (χ4v) is 2.65. The van der Waals surface area contributed by atoms with Gasteiger partial charge in [0.25, 0.3) is 0 Å². The van der Waals surface area contributed by atoms with Crippen LogP contribution in [0.25, 0.3) is 5.65 Å². The summed E-state index contributed by atoms with van der Waals surface area (Å²) in [6.45, 7) is 0. The van der Waals surface area contributed by atoms with Crippen LogP contribution in [0, 0.1) is 0 Å². The zero-order valence-corrected chi connectivity index (χ0v) is 12.3. The van der Waals surface area contributed by atoms with E-state index < -0.39 is 5.60 Å². The third-order valence-electron chi connectivity index (χ3n) is 4.15. The second kappa shape index (κ2) is 4.78. The van der Waals surface area contributed by atoms with Crippen LogP contribution in [0.2, 0.25) is 0 Å². The number of fused-ring (bicyclic) bond motifs is 1. The highest BCUT2D eigenvalue weighted by molar-refractivity contribution is 5.59. The summed E-state index contributed by atoms with van der Waals surface area (Å²) >= 11 is 0. The van der Waals surface area contributed by atoms with Crippen LogP contribution in [0.3, 0.4) is 0 Å². The van der Waals surface area contributed by atoms with Crippen molar-refractivity contribution in [1.29, 1.82) is 0 Å². The van der Waals surface area contributed by atoms with E-state index in [0.29, 0.717) is 12.4 Å².